The summed E-state index contributed by atoms with van der Waals surface area (Å²) < 4.78 is 5.22. The van der Waals surface area contributed by atoms with Crippen LogP contribution in [0, 0.1) is 6.92 Å². The molecule has 0 heterocycles. The standard InChI is InChI=1S/C20H24N2O5/c1-5-7-15-17-12(3)10-14(20(25)22-27-6-2)8-9-16(17)19(26-11-23)18(15)21-13(4)24/h8-11H,5-7H2,1-4H3,(H,21,24)(H,22,25). The number of aryl methyl sites for hydroxylation is 1. The molecule has 0 saturated heterocycles. The first-order valence-electron chi connectivity index (χ1n) is 8.83. The van der Waals surface area contributed by atoms with Gasteiger partial charge in [0.15, 0.2) is 5.75 Å². The molecular formula is C20H24N2O5. The highest BCUT2D eigenvalue weighted by Gasteiger charge is 2.26. The molecule has 0 bridgehead atoms. The largest absolute Gasteiger partial charge is 0.426 e. The fourth-order valence-electron chi connectivity index (χ4n) is 3.13. The minimum Gasteiger partial charge on any atom is -0.426 e. The molecular weight excluding hydrogens is 348 g/mol. The summed E-state index contributed by atoms with van der Waals surface area (Å²) in [6.07, 6.45) is 1.52. The van der Waals surface area contributed by atoms with Crippen molar-refractivity contribution in [3.05, 3.63) is 34.9 Å². The van der Waals surface area contributed by atoms with Gasteiger partial charge in [0, 0.05) is 18.1 Å². The Morgan fingerprint density at radius 1 is 1.22 bits per heavy atom. The Morgan fingerprint density at radius 3 is 2.56 bits per heavy atom. The second kappa shape index (κ2) is 9.14. The van der Waals surface area contributed by atoms with Crippen molar-refractivity contribution in [2.24, 2.45) is 0 Å². The van der Waals surface area contributed by atoms with Crippen molar-refractivity contribution in [1.82, 2.24) is 5.48 Å². The van der Waals surface area contributed by atoms with Crippen LogP contribution < -0.4 is 15.5 Å². The van der Waals surface area contributed by atoms with Crippen LogP contribution in [-0.4, -0.2) is 24.9 Å². The van der Waals surface area contributed by atoms with E-state index in [4.69, 9.17) is 9.57 Å². The van der Waals surface area contributed by atoms with Crippen molar-refractivity contribution in [3.8, 4) is 16.9 Å². The number of fused-ring (bicyclic) bond motifs is 1. The van der Waals surface area contributed by atoms with Crippen molar-refractivity contribution in [3.63, 3.8) is 0 Å². The maximum Gasteiger partial charge on any atom is 0.298 e. The SMILES string of the molecule is CCCc1c(NC(C)=O)c(OC=O)c2ccc(C(=O)NOCC)cc(C)c1-2. The summed E-state index contributed by atoms with van der Waals surface area (Å²) in [5.74, 6) is -0.332. The molecule has 27 heavy (non-hydrogen) atoms. The van der Waals surface area contributed by atoms with Crippen LogP contribution in [0.2, 0.25) is 0 Å². The molecule has 0 aliphatic heterocycles. The number of hydrogen-bond donors (Lipinski definition) is 2. The van der Waals surface area contributed by atoms with Gasteiger partial charge in [0.1, 0.15) is 0 Å². The lowest BCUT2D eigenvalue weighted by atomic mass is 10.0. The Balaban J connectivity index is 2.72. The second-order valence-electron chi connectivity index (χ2n) is 6.10. The quantitative estimate of drug-likeness (QED) is 0.548. The van der Waals surface area contributed by atoms with E-state index in [2.05, 4.69) is 10.8 Å². The monoisotopic (exact) mass is 372 g/mol. The minimum atomic E-state index is -0.366. The Labute approximate surface area is 158 Å². The average Bonchev–Trinajstić information content (AvgIpc) is 2.78. The lowest BCUT2D eigenvalue weighted by molar-refractivity contribution is -0.120. The molecule has 0 radical (unpaired) electrons. The van der Waals surface area contributed by atoms with Gasteiger partial charge in [-0.15, -0.1) is 0 Å². The summed E-state index contributed by atoms with van der Waals surface area (Å²) in [6.45, 7) is 7.77. The number of carbonyl (C=O) groups is 3. The first kappa shape index (κ1) is 20.4. The van der Waals surface area contributed by atoms with Gasteiger partial charge in [-0.25, -0.2) is 5.48 Å². The van der Waals surface area contributed by atoms with Crippen molar-refractivity contribution < 1.29 is 24.0 Å². The third kappa shape index (κ3) is 4.43. The highest BCUT2D eigenvalue weighted by atomic mass is 16.6. The maximum atomic E-state index is 12.2. The van der Waals surface area contributed by atoms with Gasteiger partial charge in [-0.2, -0.15) is 0 Å². The fourth-order valence-corrected chi connectivity index (χ4v) is 3.13. The van der Waals surface area contributed by atoms with Gasteiger partial charge in [-0.1, -0.05) is 13.3 Å². The highest BCUT2D eigenvalue weighted by molar-refractivity contribution is 6.01. The molecule has 0 saturated carbocycles. The summed E-state index contributed by atoms with van der Waals surface area (Å²) in [6, 6.07) is 5.10. The van der Waals surface area contributed by atoms with E-state index in [1.165, 1.54) is 6.92 Å². The van der Waals surface area contributed by atoms with Crippen LogP contribution >= 0.6 is 0 Å². The fraction of sp³-hybridized carbons (Fsp3) is 0.350. The van der Waals surface area contributed by atoms with E-state index in [1.807, 2.05) is 13.8 Å². The topological polar surface area (TPSA) is 93.7 Å². The van der Waals surface area contributed by atoms with E-state index in [9.17, 15) is 14.4 Å². The molecule has 2 N–H and O–H groups in total. The number of ether oxygens (including phenoxy) is 1. The molecule has 7 nitrogen and oxygen atoms in total. The molecule has 0 unspecified atom stereocenters. The number of hydroxylamine groups is 1. The van der Waals surface area contributed by atoms with Gasteiger partial charge in [-0.3, -0.25) is 19.2 Å². The first-order valence-corrected chi connectivity index (χ1v) is 8.83. The Hall–Kier alpha value is -2.93. The number of nitrogens with one attached hydrogen (secondary N) is 2. The van der Waals surface area contributed by atoms with Crippen molar-refractivity contribution in [1.29, 1.82) is 0 Å². The van der Waals surface area contributed by atoms with Crippen LogP contribution in [0.5, 0.6) is 5.75 Å². The second-order valence-corrected chi connectivity index (χ2v) is 6.10. The van der Waals surface area contributed by atoms with Crippen LogP contribution in [0.1, 0.15) is 48.7 Å². The zero-order valence-electron chi connectivity index (χ0n) is 16.0. The predicted molar refractivity (Wildman–Crippen MR) is 102 cm³/mol. The van der Waals surface area contributed by atoms with Crippen LogP contribution in [0.3, 0.4) is 0 Å². The number of amides is 2. The maximum absolute atomic E-state index is 12.2. The summed E-state index contributed by atoms with van der Waals surface area (Å²) in [5.41, 5.74) is 6.50. The lowest BCUT2D eigenvalue weighted by Gasteiger charge is -2.07. The van der Waals surface area contributed by atoms with Crippen LogP contribution in [0.4, 0.5) is 5.69 Å². The molecule has 7 heteroatoms. The average molecular weight is 372 g/mol. The molecule has 2 amide bonds. The summed E-state index contributed by atoms with van der Waals surface area (Å²) >= 11 is 0. The van der Waals surface area contributed by atoms with Gasteiger partial charge in [0.2, 0.25) is 5.91 Å². The normalized spacial score (nSPS) is 10.5. The summed E-state index contributed by atoms with van der Waals surface area (Å²) in [4.78, 5) is 40.0. The molecule has 144 valence electrons. The van der Waals surface area contributed by atoms with Crippen molar-refractivity contribution in [2.45, 2.75) is 40.5 Å². The number of carbonyl (C=O) groups excluding carboxylic acids is 3. The molecule has 0 spiro atoms. The first-order chi connectivity index (χ1) is 12.9. The number of anilines is 1. The van der Waals surface area contributed by atoms with E-state index in [0.29, 0.717) is 36.3 Å². The Morgan fingerprint density at radius 2 is 1.96 bits per heavy atom. The summed E-state index contributed by atoms with van der Waals surface area (Å²) in [7, 11) is 0. The van der Waals surface area contributed by atoms with Gasteiger partial charge in [-0.05, 0) is 55.2 Å². The van der Waals surface area contributed by atoms with Crippen molar-refractivity contribution in [2.75, 3.05) is 11.9 Å². The molecule has 2 rings (SSSR count). The van der Waals surface area contributed by atoms with E-state index in [1.54, 1.807) is 25.1 Å². The van der Waals surface area contributed by atoms with Crippen LogP contribution in [0.15, 0.2) is 18.2 Å². The molecule has 0 fully saturated rings. The van der Waals surface area contributed by atoms with E-state index >= 15 is 0 Å². The van der Waals surface area contributed by atoms with Gasteiger partial charge in [0.05, 0.1) is 12.3 Å². The zero-order valence-corrected chi connectivity index (χ0v) is 16.0. The van der Waals surface area contributed by atoms with E-state index < -0.39 is 0 Å². The Bertz CT molecular complexity index is 832. The Kier molecular flexibility index (Phi) is 6.90. The van der Waals surface area contributed by atoms with Crippen LogP contribution in [-0.2, 0) is 20.8 Å². The van der Waals surface area contributed by atoms with Crippen molar-refractivity contribution >= 4 is 24.0 Å². The molecule has 0 aromatic rings. The van der Waals surface area contributed by atoms with Gasteiger partial charge >= 0.3 is 0 Å². The minimum absolute atomic E-state index is 0.253. The number of hydrogen-bond acceptors (Lipinski definition) is 5. The molecule has 0 aromatic carbocycles. The third-order valence-corrected chi connectivity index (χ3v) is 4.08. The molecule has 2 aliphatic rings. The molecule has 2 aliphatic carbocycles. The zero-order chi connectivity index (χ0) is 20.0. The summed E-state index contributed by atoms with van der Waals surface area (Å²) in [5, 5.41) is 2.78. The number of rotatable bonds is 8. The third-order valence-electron chi connectivity index (χ3n) is 4.08. The molecule has 0 aromatic heterocycles. The van der Waals surface area contributed by atoms with Crippen LogP contribution in [0.25, 0.3) is 11.1 Å². The van der Waals surface area contributed by atoms with Gasteiger partial charge < -0.3 is 10.1 Å². The van der Waals surface area contributed by atoms with E-state index in [-0.39, 0.29) is 17.6 Å². The van der Waals surface area contributed by atoms with E-state index in [0.717, 1.165) is 23.1 Å². The lowest BCUT2D eigenvalue weighted by Crippen LogP contribution is -2.23. The highest BCUT2D eigenvalue weighted by Crippen LogP contribution is 2.48. The smallest absolute Gasteiger partial charge is 0.298 e. The predicted octanol–water partition coefficient (Wildman–Crippen LogP) is 3.23. The molecule has 0 atom stereocenters. The van der Waals surface area contributed by atoms with Gasteiger partial charge in [0.25, 0.3) is 12.4 Å².